The maximum absolute atomic E-state index is 12.9. The Morgan fingerprint density at radius 1 is 1.15 bits per heavy atom. The smallest absolute Gasteiger partial charge is 0.333 e. The van der Waals surface area contributed by atoms with Crippen molar-refractivity contribution in [3.63, 3.8) is 0 Å². The number of amides is 2. The van der Waals surface area contributed by atoms with Gasteiger partial charge in [0.15, 0.2) is 6.04 Å². The Bertz CT molecular complexity index is 1140. The van der Waals surface area contributed by atoms with Crippen molar-refractivity contribution in [1.82, 2.24) is 10.2 Å². The standard InChI is InChI=1S/C25H26N2O6S/c1-3-32-19-11-7-10-18(12-19)13-20(28)26-21-23(29)27-22(16(2)15-34(31)24(21)27)25(30)33-14-17-8-5-4-6-9-17/h4-12,21-22,24H,2-3,13-15H2,1H3,(H,26,28)/t21?,22?,24-,34?/m1/s1. The van der Waals surface area contributed by atoms with Gasteiger partial charge in [-0.3, -0.25) is 13.8 Å². The lowest BCUT2D eigenvalue weighted by Gasteiger charge is -2.52. The number of ether oxygens (including phenoxy) is 2. The number of nitrogens with zero attached hydrogens (tertiary/aromatic N) is 1. The summed E-state index contributed by atoms with van der Waals surface area (Å²) in [6.07, 6.45) is 0.0410. The summed E-state index contributed by atoms with van der Waals surface area (Å²) in [4.78, 5) is 39.6. The van der Waals surface area contributed by atoms with E-state index in [1.807, 2.05) is 37.3 Å². The third-order valence-electron chi connectivity index (χ3n) is 5.68. The highest BCUT2D eigenvalue weighted by atomic mass is 32.2. The number of β-lactam (4-membered cyclic amide) rings is 1. The predicted molar refractivity (Wildman–Crippen MR) is 126 cm³/mol. The number of hydrogen-bond acceptors (Lipinski definition) is 6. The van der Waals surface area contributed by atoms with Crippen molar-refractivity contribution in [3.05, 3.63) is 77.9 Å². The molecule has 2 aromatic carbocycles. The van der Waals surface area contributed by atoms with Gasteiger partial charge in [-0.05, 0) is 35.8 Å². The molecule has 0 aliphatic carbocycles. The summed E-state index contributed by atoms with van der Waals surface area (Å²) in [5, 5.41) is 1.88. The fourth-order valence-electron chi connectivity index (χ4n) is 4.13. The second-order valence-corrected chi connectivity index (χ2v) is 9.65. The number of carbonyl (C=O) groups is 3. The first-order valence-electron chi connectivity index (χ1n) is 11.0. The fraction of sp³-hybridized carbons (Fsp3) is 0.320. The molecule has 2 heterocycles. The maximum atomic E-state index is 12.9. The van der Waals surface area contributed by atoms with Crippen molar-refractivity contribution < 1.29 is 28.1 Å². The SMILES string of the molecule is C=C1CS(=O)[C@@H]2C(NC(=O)Cc3cccc(OCC)c3)C(=O)N2C1C(=O)OCc1ccccc1. The van der Waals surface area contributed by atoms with Gasteiger partial charge in [-0.15, -0.1) is 0 Å². The lowest BCUT2D eigenvalue weighted by Crippen LogP contribution is -2.77. The molecule has 4 atom stereocenters. The Balaban J connectivity index is 1.40. The van der Waals surface area contributed by atoms with Crippen LogP contribution in [0.1, 0.15) is 18.1 Å². The Labute approximate surface area is 200 Å². The highest BCUT2D eigenvalue weighted by Crippen LogP contribution is 2.35. The van der Waals surface area contributed by atoms with Gasteiger partial charge in [0.25, 0.3) is 0 Å². The molecule has 34 heavy (non-hydrogen) atoms. The highest BCUT2D eigenvalue weighted by Gasteiger charge is 2.59. The summed E-state index contributed by atoms with van der Waals surface area (Å²) in [6.45, 7) is 6.29. The van der Waals surface area contributed by atoms with Crippen molar-refractivity contribution in [2.45, 2.75) is 37.4 Å². The van der Waals surface area contributed by atoms with Crippen LogP contribution in [0.2, 0.25) is 0 Å². The van der Waals surface area contributed by atoms with Crippen LogP contribution in [0, 0.1) is 0 Å². The van der Waals surface area contributed by atoms with Crippen LogP contribution in [0.25, 0.3) is 0 Å². The molecule has 4 rings (SSSR count). The Kier molecular flexibility index (Phi) is 7.12. The number of rotatable bonds is 8. The highest BCUT2D eigenvalue weighted by molar-refractivity contribution is 7.86. The predicted octanol–water partition coefficient (Wildman–Crippen LogP) is 1.71. The molecule has 0 saturated carbocycles. The second-order valence-electron chi connectivity index (χ2n) is 8.12. The number of esters is 1. The van der Waals surface area contributed by atoms with Gasteiger partial charge < -0.3 is 19.7 Å². The first-order chi connectivity index (χ1) is 16.4. The quantitative estimate of drug-likeness (QED) is 0.349. The zero-order valence-corrected chi connectivity index (χ0v) is 19.6. The molecule has 2 aliphatic rings. The number of hydrogen-bond donors (Lipinski definition) is 1. The first-order valence-corrected chi connectivity index (χ1v) is 12.4. The molecule has 1 N–H and O–H groups in total. The number of fused-ring (bicyclic) bond motifs is 1. The van der Waals surface area contributed by atoms with Crippen molar-refractivity contribution >= 4 is 28.6 Å². The first kappa shape index (κ1) is 23.7. The summed E-state index contributed by atoms with van der Waals surface area (Å²) < 4.78 is 23.6. The normalized spacial score (nSPS) is 23.5. The summed E-state index contributed by atoms with van der Waals surface area (Å²) in [5.41, 5.74) is 1.90. The van der Waals surface area contributed by atoms with Gasteiger partial charge >= 0.3 is 5.97 Å². The average Bonchev–Trinajstić information content (AvgIpc) is 2.82. The molecule has 2 aromatic rings. The molecule has 0 aromatic heterocycles. The van der Waals surface area contributed by atoms with E-state index in [4.69, 9.17) is 9.47 Å². The molecule has 9 heteroatoms. The van der Waals surface area contributed by atoms with Crippen LogP contribution in [0.3, 0.4) is 0 Å². The minimum absolute atomic E-state index is 0.0410. The van der Waals surface area contributed by atoms with Gasteiger partial charge in [0.05, 0.1) is 23.8 Å². The van der Waals surface area contributed by atoms with Gasteiger partial charge in [0.1, 0.15) is 23.8 Å². The van der Waals surface area contributed by atoms with Gasteiger partial charge in [-0.25, -0.2) is 4.79 Å². The van der Waals surface area contributed by atoms with Crippen molar-refractivity contribution in [2.24, 2.45) is 0 Å². The monoisotopic (exact) mass is 482 g/mol. The molecule has 0 spiro atoms. The maximum Gasteiger partial charge on any atom is 0.333 e. The third kappa shape index (κ3) is 4.89. The molecule has 0 bridgehead atoms. The zero-order valence-electron chi connectivity index (χ0n) is 18.8. The lowest BCUT2D eigenvalue weighted by atomic mass is 9.98. The fourth-order valence-corrected chi connectivity index (χ4v) is 5.79. The minimum Gasteiger partial charge on any atom is -0.494 e. The van der Waals surface area contributed by atoms with E-state index in [1.54, 1.807) is 24.3 Å². The van der Waals surface area contributed by atoms with E-state index in [9.17, 15) is 18.6 Å². The van der Waals surface area contributed by atoms with E-state index in [2.05, 4.69) is 11.9 Å². The van der Waals surface area contributed by atoms with Crippen LogP contribution in [-0.2, 0) is 42.9 Å². The van der Waals surface area contributed by atoms with Crippen molar-refractivity contribution in [2.75, 3.05) is 12.4 Å². The number of carbonyl (C=O) groups excluding carboxylic acids is 3. The molecule has 178 valence electrons. The molecule has 2 fully saturated rings. The molecule has 2 aliphatic heterocycles. The van der Waals surface area contributed by atoms with Crippen LogP contribution in [0.15, 0.2) is 66.7 Å². The second kappa shape index (κ2) is 10.2. The molecule has 2 amide bonds. The van der Waals surface area contributed by atoms with E-state index in [1.165, 1.54) is 4.90 Å². The largest absolute Gasteiger partial charge is 0.494 e. The topological polar surface area (TPSA) is 102 Å². The molecule has 2 saturated heterocycles. The third-order valence-corrected chi connectivity index (χ3v) is 7.37. The minimum atomic E-state index is -1.49. The van der Waals surface area contributed by atoms with Crippen LogP contribution in [0.4, 0.5) is 0 Å². The Hall–Kier alpha value is -3.46. The molecule has 0 radical (unpaired) electrons. The molecule has 3 unspecified atom stereocenters. The van der Waals surface area contributed by atoms with Gasteiger partial charge in [-0.1, -0.05) is 49.0 Å². The van der Waals surface area contributed by atoms with Crippen LogP contribution < -0.4 is 10.1 Å². The van der Waals surface area contributed by atoms with Crippen LogP contribution in [0.5, 0.6) is 5.75 Å². The Morgan fingerprint density at radius 2 is 1.88 bits per heavy atom. The summed E-state index contributed by atoms with van der Waals surface area (Å²) in [7, 11) is -1.49. The van der Waals surface area contributed by atoms with Gasteiger partial charge in [-0.2, -0.15) is 0 Å². The zero-order chi connectivity index (χ0) is 24.2. The van der Waals surface area contributed by atoms with Gasteiger partial charge in [0.2, 0.25) is 11.8 Å². The summed E-state index contributed by atoms with van der Waals surface area (Å²) >= 11 is 0. The van der Waals surface area contributed by atoms with Crippen LogP contribution in [-0.4, -0.2) is 56.7 Å². The van der Waals surface area contributed by atoms with E-state index in [-0.39, 0.29) is 24.7 Å². The number of nitrogens with one attached hydrogen (secondary N) is 1. The Morgan fingerprint density at radius 3 is 2.62 bits per heavy atom. The molecular weight excluding hydrogens is 456 g/mol. The molecular formula is C25H26N2O6S. The van der Waals surface area contributed by atoms with Crippen LogP contribution >= 0.6 is 0 Å². The summed E-state index contributed by atoms with van der Waals surface area (Å²) in [5.74, 6) is -0.764. The van der Waals surface area contributed by atoms with Gasteiger partial charge in [0, 0.05) is 5.75 Å². The van der Waals surface area contributed by atoms with Crippen molar-refractivity contribution in [3.8, 4) is 5.75 Å². The van der Waals surface area contributed by atoms with E-state index < -0.39 is 40.1 Å². The lowest BCUT2D eigenvalue weighted by molar-refractivity contribution is -0.164. The number of benzene rings is 2. The van der Waals surface area contributed by atoms with Crippen molar-refractivity contribution in [1.29, 1.82) is 0 Å². The van der Waals surface area contributed by atoms with E-state index in [0.29, 0.717) is 17.9 Å². The van der Waals surface area contributed by atoms with E-state index >= 15 is 0 Å². The van der Waals surface area contributed by atoms with E-state index in [0.717, 1.165) is 11.1 Å². The average molecular weight is 483 g/mol. The molecule has 8 nitrogen and oxygen atoms in total. The summed E-state index contributed by atoms with van der Waals surface area (Å²) in [6, 6.07) is 14.3.